The molecule has 0 aliphatic carbocycles. The third-order valence-electron chi connectivity index (χ3n) is 9.83. The average molecular weight is 817 g/mol. The third-order valence-corrected chi connectivity index (χ3v) is 9.83. The first-order valence-corrected chi connectivity index (χ1v) is 22.5. The Morgan fingerprint density at radius 3 is 1.53 bits per heavy atom. The molecule has 6 unspecified atom stereocenters. The Hall–Kier alpha value is -2.86. The van der Waals surface area contributed by atoms with Crippen LogP contribution < -0.4 is 0 Å². The number of carbonyl (C=O) groups excluding carboxylic acids is 2. The van der Waals surface area contributed by atoms with Crippen LogP contribution in [0, 0.1) is 0 Å². The molecule has 1 aliphatic heterocycles. The number of rotatable bonds is 36. The first-order valence-electron chi connectivity index (χ1n) is 22.5. The van der Waals surface area contributed by atoms with Crippen LogP contribution >= 0.6 is 0 Å². The highest BCUT2D eigenvalue weighted by Gasteiger charge is 2.44. The maximum atomic E-state index is 12.8. The van der Waals surface area contributed by atoms with Gasteiger partial charge in [0.25, 0.3) is 0 Å². The molecule has 0 aromatic carbocycles. The number of hydrogen-bond donors (Lipinski definition) is 4. The predicted octanol–water partition coefficient (Wildman–Crippen LogP) is 9.61. The zero-order valence-electron chi connectivity index (χ0n) is 36.0. The summed E-state index contributed by atoms with van der Waals surface area (Å²) in [7, 11) is 0. The quantitative estimate of drug-likeness (QED) is 0.0273. The van der Waals surface area contributed by atoms with E-state index in [0.29, 0.717) is 12.8 Å². The van der Waals surface area contributed by atoms with E-state index in [9.17, 15) is 30.0 Å². The number of allylic oxidation sites excluding steroid dienone is 12. The van der Waals surface area contributed by atoms with Crippen molar-refractivity contribution in [2.45, 2.75) is 198 Å². The highest BCUT2D eigenvalue weighted by atomic mass is 16.7. The van der Waals surface area contributed by atoms with Crippen molar-refractivity contribution in [3.63, 3.8) is 0 Å². The average Bonchev–Trinajstić information content (AvgIpc) is 3.22. The van der Waals surface area contributed by atoms with E-state index in [4.69, 9.17) is 18.9 Å². The summed E-state index contributed by atoms with van der Waals surface area (Å²) < 4.78 is 22.1. The van der Waals surface area contributed by atoms with Gasteiger partial charge >= 0.3 is 11.9 Å². The fourth-order valence-electron chi connectivity index (χ4n) is 6.27. The molecule has 0 amide bonds. The van der Waals surface area contributed by atoms with E-state index < -0.39 is 55.4 Å². The highest BCUT2D eigenvalue weighted by molar-refractivity contribution is 5.70. The van der Waals surface area contributed by atoms with Gasteiger partial charge in [-0.05, 0) is 83.5 Å². The molecule has 4 N–H and O–H groups in total. The molecule has 10 heteroatoms. The molecule has 6 atom stereocenters. The lowest BCUT2D eigenvalue weighted by Gasteiger charge is -2.39. The Labute approximate surface area is 351 Å². The Bertz CT molecular complexity index is 1170. The predicted molar refractivity (Wildman–Crippen MR) is 233 cm³/mol. The standard InChI is InChI=1S/C48H80O10/c1-3-5-7-9-11-13-15-17-19-21-23-25-27-29-31-33-35-37-44(51)57-41(40-56-48-47(54)46(53)45(52)42(38-49)58-48)39-55-43(50)36-34-32-30-28-26-24-22-20-18-16-14-12-10-8-6-4-2/h5,7,11,13-14,16-17,19-20,22-23,25,41-42,45-49,52-54H,3-4,6,8-10,12,15,18,21,24,26-40H2,1-2H3/b7-5-,13-11-,16-14-,19-17-,22-20-,25-23-. The van der Waals surface area contributed by atoms with Gasteiger partial charge in [0.1, 0.15) is 31.0 Å². The van der Waals surface area contributed by atoms with Gasteiger partial charge in [0.2, 0.25) is 0 Å². The normalized spacial score (nSPS) is 20.8. The van der Waals surface area contributed by atoms with Crippen molar-refractivity contribution in [2.24, 2.45) is 0 Å². The van der Waals surface area contributed by atoms with E-state index in [0.717, 1.165) is 89.9 Å². The molecule has 0 bridgehead atoms. The Morgan fingerprint density at radius 1 is 0.552 bits per heavy atom. The van der Waals surface area contributed by atoms with Crippen molar-refractivity contribution in [3.05, 3.63) is 72.9 Å². The van der Waals surface area contributed by atoms with E-state index in [1.165, 1.54) is 32.1 Å². The molecule has 332 valence electrons. The Kier molecular flexibility index (Phi) is 35.1. The van der Waals surface area contributed by atoms with Gasteiger partial charge in [-0.3, -0.25) is 9.59 Å². The van der Waals surface area contributed by atoms with Crippen LogP contribution in [0.15, 0.2) is 72.9 Å². The first-order chi connectivity index (χ1) is 28.3. The lowest BCUT2D eigenvalue weighted by atomic mass is 9.99. The van der Waals surface area contributed by atoms with E-state index in [1.807, 2.05) is 0 Å². The Balaban J connectivity index is 2.37. The topological polar surface area (TPSA) is 152 Å². The first kappa shape index (κ1) is 53.2. The van der Waals surface area contributed by atoms with Crippen LogP contribution in [-0.4, -0.2) is 89.0 Å². The van der Waals surface area contributed by atoms with Gasteiger partial charge in [-0.1, -0.05) is 138 Å². The maximum absolute atomic E-state index is 12.8. The molecule has 1 fully saturated rings. The number of aliphatic hydroxyl groups is 4. The molecule has 1 heterocycles. The molecule has 0 saturated carbocycles. The maximum Gasteiger partial charge on any atom is 0.306 e. The van der Waals surface area contributed by atoms with Gasteiger partial charge in [-0.25, -0.2) is 0 Å². The number of ether oxygens (including phenoxy) is 4. The minimum atomic E-state index is -1.61. The van der Waals surface area contributed by atoms with Crippen LogP contribution in [-0.2, 0) is 28.5 Å². The second-order valence-electron chi connectivity index (χ2n) is 15.1. The van der Waals surface area contributed by atoms with Crippen LogP contribution in [0.2, 0.25) is 0 Å². The van der Waals surface area contributed by atoms with E-state index in [2.05, 4.69) is 86.8 Å². The van der Waals surface area contributed by atoms with Crippen LogP contribution in [0.4, 0.5) is 0 Å². The summed E-state index contributed by atoms with van der Waals surface area (Å²) in [5, 5.41) is 40.1. The largest absolute Gasteiger partial charge is 0.462 e. The molecule has 0 aromatic rings. The zero-order chi connectivity index (χ0) is 42.3. The van der Waals surface area contributed by atoms with Crippen molar-refractivity contribution in [1.29, 1.82) is 0 Å². The van der Waals surface area contributed by atoms with Crippen LogP contribution in [0.3, 0.4) is 0 Å². The van der Waals surface area contributed by atoms with Crippen molar-refractivity contribution < 1.29 is 49.0 Å². The lowest BCUT2D eigenvalue weighted by molar-refractivity contribution is -0.305. The van der Waals surface area contributed by atoms with E-state index in [1.54, 1.807) is 0 Å². The van der Waals surface area contributed by atoms with Gasteiger partial charge in [0.05, 0.1) is 13.2 Å². The summed E-state index contributed by atoms with van der Waals surface area (Å²) in [5.41, 5.74) is 0. The molecular weight excluding hydrogens is 737 g/mol. The molecule has 0 spiro atoms. The molecule has 0 radical (unpaired) electrons. The molecular formula is C48H80O10. The van der Waals surface area contributed by atoms with E-state index >= 15 is 0 Å². The Morgan fingerprint density at radius 2 is 1.02 bits per heavy atom. The van der Waals surface area contributed by atoms with Crippen molar-refractivity contribution in [3.8, 4) is 0 Å². The number of unbranched alkanes of at least 4 members (excludes halogenated alkanes) is 13. The fourth-order valence-corrected chi connectivity index (χ4v) is 6.27. The molecule has 0 aromatic heterocycles. The van der Waals surface area contributed by atoms with Crippen LogP contribution in [0.1, 0.15) is 162 Å². The molecule has 1 rings (SSSR count). The van der Waals surface area contributed by atoms with Gasteiger partial charge in [0, 0.05) is 12.8 Å². The van der Waals surface area contributed by atoms with E-state index in [-0.39, 0.29) is 26.1 Å². The minimum Gasteiger partial charge on any atom is -0.462 e. The third kappa shape index (κ3) is 29.4. The SMILES string of the molecule is CC/C=C\C/C=C\C/C=C\C/C=C\CCCCCCC(=O)OC(COC(=O)CCCCCCC/C=C\C/C=C\CCCCCC)COC1OC(CO)C(O)C(O)C1O. The van der Waals surface area contributed by atoms with Crippen LogP contribution in [0.5, 0.6) is 0 Å². The second kappa shape index (κ2) is 38.3. The van der Waals surface area contributed by atoms with Crippen molar-refractivity contribution in [1.82, 2.24) is 0 Å². The number of carbonyl (C=O) groups is 2. The summed E-state index contributed by atoms with van der Waals surface area (Å²) in [6, 6.07) is 0. The van der Waals surface area contributed by atoms with Gasteiger partial charge in [-0.2, -0.15) is 0 Å². The second-order valence-corrected chi connectivity index (χ2v) is 15.1. The number of esters is 2. The number of hydrogen-bond acceptors (Lipinski definition) is 10. The summed E-state index contributed by atoms with van der Waals surface area (Å²) in [6.45, 7) is 3.24. The van der Waals surface area contributed by atoms with Crippen molar-refractivity contribution >= 4 is 11.9 Å². The summed E-state index contributed by atoms with van der Waals surface area (Å²) in [6.07, 6.45) is 40.4. The summed E-state index contributed by atoms with van der Waals surface area (Å²) in [4.78, 5) is 25.3. The monoisotopic (exact) mass is 817 g/mol. The lowest BCUT2D eigenvalue weighted by Crippen LogP contribution is -2.59. The van der Waals surface area contributed by atoms with Crippen molar-refractivity contribution in [2.75, 3.05) is 19.8 Å². The zero-order valence-corrected chi connectivity index (χ0v) is 36.0. The summed E-state index contributed by atoms with van der Waals surface area (Å²) >= 11 is 0. The van der Waals surface area contributed by atoms with Gasteiger partial charge < -0.3 is 39.4 Å². The van der Waals surface area contributed by atoms with Gasteiger partial charge in [0.15, 0.2) is 12.4 Å². The van der Waals surface area contributed by atoms with Crippen LogP contribution in [0.25, 0.3) is 0 Å². The molecule has 1 aliphatic rings. The fraction of sp³-hybridized carbons (Fsp3) is 0.708. The smallest absolute Gasteiger partial charge is 0.306 e. The number of aliphatic hydroxyl groups excluding tert-OH is 4. The minimum absolute atomic E-state index is 0.195. The molecule has 10 nitrogen and oxygen atoms in total. The highest BCUT2D eigenvalue weighted by Crippen LogP contribution is 2.22. The molecule has 1 saturated heterocycles. The molecule has 58 heavy (non-hydrogen) atoms. The van der Waals surface area contributed by atoms with Gasteiger partial charge in [-0.15, -0.1) is 0 Å². The summed E-state index contributed by atoms with van der Waals surface area (Å²) in [5.74, 6) is -0.856.